The molecule has 1 aromatic carbocycles. The van der Waals surface area contributed by atoms with Crippen molar-refractivity contribution < 1.29 is 13.3 Å². The predicted octanol–water partition coefficient (Wildman–Crippen LogP) is 2.84. The number of benzene rings is 1. The Morgan fingerprint density at radius 1 is 1.20 bits per heavy atom. The molecule has 0 spiro atoms. The van der Waals surface area contributed by atoms with Gasteiger partial charge in [0.05, 0.1) is 9.82 Å². The lowest BCUT2D eigenvalue weighted by atomic mass is 10.2. The second-order valence-corrected chi connectivity index (χ2v) is 6.33. The van der Waals surface area contributed by atoms with Crippen LogP contribution in [0, 0.1) is 10.1 Å². The maximum absolute atomic E-state index is 12.0. The molecule has 112 valence electrons. The molecule has 0 saturated carbocycles. The Bertz CT molecular complexity index is 543. The number of unbranched alkanes of at least 4 members (excludes halogenated alkanes) is 4. The Hall–Kier alpha value is -1.47. The summed E-state index contributed by atoms with van der Waals surface area (Å²) in [6, 6.07) is 5.06. The van der Waals surface area contributed by atoms with Gasteiger partial charge in [0, 0.05) is 18.7 Å². The average molecular weight is 300 g/mol. The number of hydrogen-bond donors (Lipinski definition) is 1. The van der Waals surface area contributed by atoms with Gasteiger partial charge >= 0.3 is 0 Å². The number of nitrogens with zero attached hydrogens (tertiary/aromatic N) is 1. The minimum Gasteiger partial charge on any atom is -0.258 e. The summed E-state index contributed by atoms with van der Waals surface area (Å²) in [5, 5.41) is 10.6. The van der Waals surface area contributed by atoms with E-state index in [1.807, 2.05) is 0 Å². The van der Waals surface area contributed by atoms with Gasteiger partial charge < -0.3 is 0 Å². The van der Waals surface area contributed by atoms with Crippen LogP contribution in [-0.2, 0) is 10.0 Å². The van der Waals surface area contributed by atoms with Gasteiger partial charge in [-0.25, -0.2) is 13.1 Å². The first-order chi connectivity index (χ1) is 9.47. The highest BCUT2D eigenvalue weighted by Crippen LogP contribution is 2.17. The van der Waals surface area contributed by atoms with Gasteiger partial charge in [0.2, 0.25) is 10.0 Å². The molecule has 0 atom stereocenters. The minimum absolute atomic E-state index is 0.0692. The number of nitro groups is 1. The van der Waals surface area contributed by atoms with Crippen LogP contribution in [0.5, 0.6) is 0 Å². The molecule has 0 heterocycles. The molecule has 6 nitrogen and oxygen atoms in total. The van der Waals surface area contributed by atoms with Crippen molar-refractivity contribution in [3.63, 3.8) is 0 Å². The summed E-state index contributed by atoms with van der Waals surface area (Å²) in [5.41, 5.74) is -0.226. The van der Waals surface area contributed by atoms with E-state index < -0.39 is 14.9 Å². The van der Waals surface area contributed by atoms with Crippen LogP contribution >= 0.6 is 0 Å². The van der Waals surface area contributed by atoms with Crippen molar-refractivity contribution in [2.75, 3.05) is 6.54 Å². The Morgan fingerprint density at radius 2 is 1.90 bits per heavy atom. The van der Waals surface area contributed by atoms with Crippen LogP contribution < -0.4 is 4.72 Å². The van der Waals surface area contributed by atoms with Crippen molar-refractivity contribution in [2.45, 2.75) is 43.9 Å². The van der Waals surface area contributed by atoms with E-state index in [1.54, 1.807) is 0 Å². The van der Waals surface area contributed by atoms with Gasteiger partial charge in [0.1, 0.15) is 0 Å². The van der Waals surface area contributed by atoms with E-state index in [0.717, 1.165) is 38.2 Å². The molecule has 0 unspecified atom stereocenters. The Kier molecular flexibility index (Phi) is 6.60. The van der Waals surface area contributed by atoms with Gasteiger partial charge in [-0.05, 0) is 12.5 Å². The number of hydrogen-bond acceptors (Lipinski definition) is 4. The van der Waals surface area contributed by atoms with Crippen LogP contribution in [0.1, 0.15) is 39.0 Å². The van der Waals surface area contributed by atoms with Crippen molar-refractivity contribution in [3.8, 4) is 0 Å². The molecule has 0 aliphatic rings. The first-order valence-corrected chi connectivity index (χ1v) is 8.20. The predicted molar refractivity (Wildman–Crippen MR) is 77.0 cm³/mol. The molecule has 0 bridgehead atoms. The third-order valence-corrected chi connectivity index (χ3v) is 4.37. The van der Waals surface area contributed by atoms with E-state index in [-0.39, 0.29) is 10.6 Å². The van der Waals surface area contributed by atoms with E-state index in [9.17, 15) is 18.5 Å². The summed E-state index contributed by atoms with van der Waals surface area (Å²) >= 11 is 0. The number of nitro benzene ring substituents is 1. The highest BCUT2D eigenvalue weighted by Gasteiger charge is 2.16. The largest absolute Gasteiger partial charge is 0.270 e. The van der Waals surface area contributed by atoms with Crippen LogP contribution in [0.2, 0.25) is 0 Å². The van der Waals surface area contributed by atoms with Crippen molar-refractivity contribution in [1.29, 1.82) is 0 Å². The molecule has 0 aliphatic heterocycles. The fraction of sp³-hybridized carbons (Fsp3) is 0.538. The van der Waals surface area contributed by atoms with Gasteiger partial charge in [-0.3, -0.25) is 10.1 Å². The molecule has 0 aromatic heterocycles. The number of non-ortho nitro benzene ring substituents is 1. The maximum atomic E-state index is 12.0. The number of nitrogens with one attached hydrogen (secondary N) is 1. The average Bonchev–Trinajstić information content (AvgIpc) is 2.43. The number of rotatable bonds is 9. The van der Waals surface area contributed by atoms with Gasteiger partial charge in [-0.1, -0.05) is 38.7 Å². The number of sulfonamides is 1. The summed E-state index contributed by atoms with van der Waals surface area (Å²) in [4.78, 5) is 9.95. The second-order valence-electron chi connectivity index (χ2n) is 4.57. The van der Waals surface area contributed by atoms with Gasteiger partial charge in [0.25, 0.3) is 5.69 Å². The Morgan fingerprint density at radius 3 is 2.55 bits per heavy atom. The quantitative estimate of drug-likeness (QED) is 0.431. The molecule has 0 amide bonds. The van der Waals surface area contributed by atoms with E-state index in [2.05, 4.69) is 11.6 Å². The monoisotopic (exact) mass is 300 g/mol. The zero-order valence-electron chi connectivity index (χ0n) is 11.5. The third-order valence-electron chi connectivity index (χ3n) is 2.91. The van der Waals surface area contributed by atoms with E-state index in [1.165, 1.54) is 18.2 Å². The molecular weight excluding hydrogens is 280 g/mol. The van der Waals surface area contributed by atoms with Crippen molar-refractivity contribution in [1.82, 2.24) is 4.72 Å². The van der Waals surface area contributed by atoms with Crippen LogP contribution in [0.15, 0.2) is 29.2 Å². The van der Waals surface area contributed by atoms with Crippen molar-refractivity contribution in [2.24, 2.45) is 0 Å². The fourth-order valence-corrected chi connectivity index (χ4v) is 2.90. The molecule has 1 rings (SSSR count). The van der Waals surface area contributed by atoms with Crippen LogP contribution in [0.25, 0.3) is 0 Å². The zero-order chi connectivity index (χ0) is 15.0. The van der Waals surface area contributed by atoms with Crippen molar-refractivity contribution in [3.05, 3.63) is 34.4 Å². The van der Waals surface area contributed by atoms with Gasteiger partial charge in [0.15, 0.2) is 0 Å². The highest BCUT2D eigenvalue weighted by atomic mass is 32.2. The third kappa shape index (κ3) is 5.26. The molecule has 0 fully saturated rings. The van der Waals surface area contributed by atoms with Crippen molar-refractivity contribution >= 4 is 15.7 Å². The summed E-state index contributed by atoms with van der Waals surface area (Å²) < 4.78 is 26.4. The summed E-state index contributed by atoms with van der Waals surface area (Å²) in [7, 11) is -3.66. The lowest BCUT2D eigenvalue weighted by Crippen LogP contribution is -2.24. The van der Waals surface area contributed by atoms with Crippen LogP contribution in [0.4, 0.5) is 5.69 Å². The summed E-state index contributed by atoms with van der Waals surface area (Å²) in [6.45, 7) is 2.47. The highest BCUT2D eigenvalue weighted by molar-refractivity contribution is 7.89. The van der Waals surface area contributed by atoms with Crippen LogP contribution in [-0.4, -0.2) is 19.9 Å². The second kappa shape index (κ2) is 7.96. The minimum atomic E-state index is -3.66. The standard InChI is InChI=1S/C13H20N2O4S/c1-2-3-4-5-6-10-14-20(18,19)13-9-7-8-12(11-13)15(16)17/h7-9,11,14H,2-6,10H2,1H3. The molecule has 20 heavy (non-hydrogen) atoms. The lowest BCUT2D eigenvalue weighted by molar-refractivity contribution is -0.385. The topological polar surface area (TPSA) is 89.3 Å². The van der Waals surface area contributed by atoms with Gasteiger partial charge in [-0.15, -0.1) is 0 Å². The van der Waals surface area contributed by atoms with E-state index in [0.29, 0.717) is 6.54 Å². The van der Waals surface area contributed by atoms with Crippen LogP contribution in [0.3, 0.4) is 0 Å². The molecule has 7 heteroatoms. The normalized spacial score (nSPS) is 11.4. The van der Waals surface area contributed by atoms with Gasteiger partial charge in [-0.2, -0.15) is 0 Å². The van der Waals surface area contributed by atoms with E-state index >= 15 is 0 Å². The molecule has 0 aliphatic carbocycles. The smallest absolute Gasteiger partial charge is 0.258 e. The summed E-state index contributed by atoms with van der Waals surface area (Å²) in [6.07, 6.45) is 5.13. The first kappa shape index (κ1) is 16.6. The SMILES string of the molecule is CCCCCCCNS(=O)(=O)c1cccc([N+](=O)[O-])c1. The first-order valence-electron chi connectivity index (χ1n) is 6.71. The fourth-order valence-electron chi connectivity index (χ4n) is 1.78. The lowest BCUT2D eigenvalue weighted by Gasteiger charge is -2.06. The summed E-state index contributed by atoms with van der Waals surface area (Å²) in [5.74, 6) is 0. The molecule has 1 N–H and O–H groups in total. The molecule has 1 aromatic rings. The molecule has 0 saturated heterocycles. The Labute approximate surface area is 119 Å². The molecular formula is C13H20N2O4S. The molecule has 0 radical (unpaired) electrons. The maximum Gasteiger partial charge on any atom is 0.270 e. The zero-order valence-corrected chi connectivity index (χ0v) is 12.4. The van der Waals surface area contributed by atoms with E-state index in [4.69, 9.17) is 0 Å². The Balaban J connectivity index is 2.56.